The Morgan fingerprint density at radius 1 is 1.46 bits per heavy atom. The maximum absolute atomic E-state index is 12.9. The zero-order valence-electron chi connectivity index (χ0n) is 13.4. The highest BCUT2D eigenvalue weighted by Gasteiger charge is 2.16. The fourth-order valence-corrected chi connectivity index (χ4v) is 2.80. The van der Waals surface area contributed by atoms with Crippen LogP contribution in [0.4, 0.5) is 8.78 Å². The predicted octanol–water partition coefficient (Wildman–Crippen LogP) is 3.78. The Kier molecular flexibility index (Phi) is 5.57. The minimum Gasteiger partial charge on any atom is -0.496 e. The summed E-state index contributed by atoms with van der Waals surface area (Å²) in [5.41, 5.74) is 1.55. The number of aromatic amines is 1. The molecule has 0 aliphatic carbocycles. The molecule has 7 nitrogen and oxygen atoms in total. The van der Waals surface area contributed by atoms with E-state index < -0.39 is 12.2 Å². The van der Waals surface area contributed by atoms with E-state index in [9.17, 15) is 8.78 Å². The molecule has 0 aliphatic heterocycles. The van der Waals surface area contributed by atoms with Gasteiger partial charge in [-0.1, -0.05) is 0 Å². The highest BCUT2D eigenvalue weighted by Crippen LogP contribution is 2.21. The average Bonchev–Trinajstić information content (AvgIpc) is 3.18. The first kappa shape index (κ1) is 18.4. The van der Waals surface area contributed by atoms with Gasteiger partial charge in [0.25, 0.3) is 6.43 Å². The fourth-order valence-electron chi connectivity index (χ4n) is 2.28. The van der Waals surface area contributed by atoms with E-state index >= 15 is 0 Å². The minimum absolute atomic E-state index is 0.00771. The van der Waals surface area contributed by atoms with Gasteiger partial charge in [-0.15, -0.1) is 0 Å². The first-order valence-corrected chi connectivity index (χ1v) is 8.52. The molecule has 136 valence electrons. The molecule has 0 fully saturated rings. The second-order valence-electron chi connectivity index (χ2n) is 5.17. The number of ether oxygens (including phenoxy) is 1. The topological polar surface area (TPSA) is 73.0 Å². The molecule has 2 heterocycles. The molecule has 0 radical (unpaired) electrons. The van der Waals surface area contributed by atoms with Gasteiger partial charge < -0.3 is 4.74 Å². The van der Waals surface area contributed by atoms with Crippen molar-refractivity contribution in [3.63, 3.8) is 0 Å². The quantitative estimate of drug-likeness (QED) is 0.465. The summed E-state index contributed by atoms with van der Waals surface area (Å²) in [5.74, 6) is 0.142. The van der Waals surface area contributed by atoms with E-state index in [2.05, 4.69) is 36.3 Å². The Labute approximate surface area is 160 Å². The number of H-pyrrole nitrogens is 1. The van der Waals surface area contributed by atoms with Crippen LogP contribution >= 0.6 is 28.1 Å². The van der Waals surface area contributed by atoms with Crippen molar-refractivity contribution < 1.29 is 13.5 Å². The van der Waals surface area contributed by atoms with Gasteiger partial charge in [0.05, 0.1) is 30.5 Å². The summed E-state index contributed by atoms with van der Waals surface area (Å²) in [7, 11) is 1.57. The van der Waals surface area contributed by atoms with Crippen molar-refractivity contribution in [2.24, 2.45) is 5.10 Å². The standard InChI is InChI=1S/C15H13BrF2N6OS/c1-25-12-3-2-9(4-10(12)7-23-8-11(16)6-19-23)5-20-24-14(13(17)18)21-22-15(24)26/h2-6,8,13H,7H2,1H3,(H,22,26)/b20-5+. The SMILES string of the molecule is COc1ccc(/C=N/n2c(C(F)F)n[nH]c2=S)cc1Cn1cc(Br)cn1. The molecule has 0 atom stereocenters. The monoisotopic (exact) mass is 442 g/mol. The van der Waals surface area contributed by atoms with Gasteiger partial charge in [0.15, 0.2) is 0 Å². The van der Waals surface area contributed by atoms with Gasteiger partial charge in [-0.05, 0) is 51.9 Å². The van der Waals surface area contributed by atoms with Gasteiger partial charge in [-0.3, -0.25) is 4.68 Å². The number of rotatable bonds is 6. The van der Waals surface area contributed by atoms with Crippen LogP contribution in [0.3, 0.4) is 0 Å². The molecule has 0 unspecified atom stereocenters. The van der Waals surface area contributed by atoms with Crippen LogP contribution in [-0.2, 0) is 6.54 Å². The van der Waals surface area contributed by atoms with Crippen LogP contribution in [0.15, 0.2) is 40.2 Å². The van der Waals surface area contributed by atoms with Crippen molar-refractivity contribution in [3.05, 3.63) is 56.8 Å². The zero-order chi connectivity index (χ0) is 18.7. The van der Waals surface area contributed by atoms with Crippen molar-refractivity contribution in [1.82, 2.24) is 24.7 Å². The van der Waals surface area contributed by atoms with Crippen molar-refractivity contribution in [1.29, 1.82) is 0 Å². The smallest absolute Gasteiger partial charge is 0.299 e. The lowest BCUT2D eigenvalue weighted by molar-refractivity contribution is 0.136. The zero-order valence-corrected chi connectivity index (χ0v) is 15.8. The summed E-state index contributed by atoms with van der Waals surface area (Å²) >= 11 is 8.27. The van der Waals surface area contributed by atoms with Crippen LogP contribution in [0.25, 0.3) is 0 Å². The number of nitrogens with zero attached hydrogens (tertiary/aromatic N) is 5. The summed E-state index contributed by atoms with van der Waals surface area (Å²) < 4.78 is 34.7. The first-order valence-electron chi connectivity index (χ1n) is 7.32. The Hall–Kier alpha value is -2.40. The second kappa shape index (κ2) is 7.87. The van der Waals surface area contributed by atoms with Crippen LogP contribution in [-0.4, -0.2) is 38.0 Å². The largest absolute Gasteiger partial charge is 0.496 e. The molecule has 0 spiro atoms. The molecule has 11 heteroatoms. The molecular formula is C15H13BrF2N6OS. The van der Waals surface area contributed by atoms with Crippen LogP contribution in [0.1, 0.15) is 23.4 Å². The van der Waals surface area contributed by atoms with Gasteiger partial charge in [-0.2, -0.15) is 20.0 Å². The van der Waals surface area contributed by atoms with Crippen LogP contribution in [0.2, 0.25) is 0 Å². The fraction of sp³-hybridized carbons (Fsp3) is 0.200. The third-order valence-electron chi connectivity index (χ3n) is 3.43. The third kappa shape index (κ3) is 4.05. The van der Waals surface area contributed by atoms with E-state index in [-0.39, 0.29) is 4.77 Å². The Bertz CT molecular complexity index is 996. The third-order valence-corrected chi connectivity index (χ3v) is 4.11. The van der Waals surface area contributed by atoms with Crippen molar-refractivity contribution in [2.75, 3.05) is 7.11 Å². The van der Waals surface area contributed by atoms with Crippen LogP contribution in [0.5, 0.6) is 5.75 Å². The summed E-state index contributed by atoms with van der Waals surface area (Å²) in [6.45, 7) is 0.476. The van der Waals surface area contributed by atoms with E-state index in [4.69, 9.17) is 17.0 Å². The average molecular weight is 443 g/mol. The van der Waals surface area contributed by atoms with Gasteiger partial charge in [0, 0.05) is 11.8 Å². The Morgan fingerprint density at radius 3 is 2.92 bits per heavy atom. The van der Waals surface area contributed by atoms with Crippen molar-refractivity contribution in [2.45, 2.75) is 13.0 Å². The molecule has 3 rings (SSSR count). The molecule has 26 heavy (non-hydrogen) atoms. The lowest BCUT2D eigenvalue weighted by Crippen LogP contribution is -2.03. The van der Waals surface area contributed by atoms with Crippen LogP contribution < -0.4 is 4.74 Å². The highest BCUT2D eigenvalue weighted by molar-refractivity contribution is 9.10. The number of aromatic nitrogens is 5. The Morgan fingerprint density at radius 2 is 2.27 bits per heavy atom. The van der Waals surface area contributed by atoms with E-state index in [1.807, 2.05) is 12.3 Å². The molecule has 3 aromatic rings. The predicted molar refractivity (Wildman–Crippen MR) is 97.4 cm³/mol. The number of hydrogen-bond acceptors (Lipinski definition) is 5. The molecule has 0 bridgehead atoms. The van der Waals surface area contributed by atoms with Crippen molar-refractivity contribution >= 4 is 34.4 Å². The molecular weight excluding hydrogens is 430 g/mol. The lowest BCUT2D eigenvalue weighted by atomic mass is 10.1. The van der Waals surface area contributed by atoms with E-state index in [1.165, 1.54) is 6.21 Å². The van der Waals surface area contributed by atoms with Gasteiger partial charge in [-0.25, -0.2) is 13.9 Å². The van der Waals surface area contributed by atoms with Gasteiger partial charge in [0.1, 0.15) is 5.75 Å². The molecule has 0 aliphatic rings. The number of methoxy groups -OCH3 is 1. The normalized spacial score (nSPS) is 11.6. The summed E-state index contributed by atoms with van der Waals surface area (Å²) in [6.07, 6.45) is 2.16. The molecule has 0 saturated heterocycles. The van der Waals surface area contributed by atoms with Crippen molar-refractivity contribution in [3.8, 4) is 5.75 Å². The molecule has 0 saturated carbocycles. The number of benzene rings is 1. The van der Waals surface area contributed by atoms with E-state index in [1.54, 1.807) is 30.1 Å². The summed E-state index contributed by atoms with van der Waals surface area (Å²) in [4.78, 5) is 0. The van der Waals surface area contributed by atoms with Crippen LogP contribution in [0, 0.1) is 4.77 Å². The van der Waals surface area contributed by atoms with E-state index in [0.717, 1.165) is 14.7 Å². The van der Waals surface area contributed by atoms with E-state index in [0.29, 0.717) is 17.9 Å². The molecule has 1 N–H and O–H groups in total. The molecule has 1 aromatic carbocycles. The minimum atomic E-state index is -2.79. The molecule has 0 amide bonds. The number of hydrogen-bond donors (Lipinski definition) is 1. The first-order chi connectivity index (χ1) is 12.5. The maximum atomic E-state index is 12.9. The lowest BCUT2D eigenvalue weighted by Gasteiger charge is -2.09. The Balaban J connectivity index is 1.90. The summed E-state index contributed by atoms with van der Waals surface area (Å²) in [5, 5.41) is 14.0. The second-order valence-corrected chi connectivity index (χ2v) is 6.47. The van der Waals surface area contributed by atoms with Gasteiger partial charge in [0.2, 0.25) is 10.6 Å². The number of nitrogens with one attached hydrogen (secondary N) is 1. The number of alkyl halides is 2. The molecule has 2 aromatic heterocycles. The highest BCUT2D eigenvalue weighted by atomic mass is 79.9. The summed E-state index contributed by atoms with van der Waals surface area (Å²) in [6, 6.07) is 5.37. The van der Waals surface area contributed by atoms with Gasteiger partial charge >= 0.3 is 0 Å². The maximum Gasteiger partial charge on any atom is 0.299 e. The number of halogens is 3.